The number of hydrogen-bond acceptors (Lipinski definition) is 0. The zero-order valence-electron chi connectivity index (χ0n) is 8.85. The van der Waals surface area contributed by atoms with E-state index in [9.17, 15) is 0 Å². The lowest BCUT2D eigenvalue weighted by molar-refractivity contribution is 0.577. The van der Waals surface area contributed by atoms with Crippen LogP contribution in [0.25, 0.3) is 0 Å². The second kappa shape index (κ2) is 6.05. The molecular weight excluding hydrogens is 144 g/mol. The van der Waals surface area contributed by atoms with Gasteiger partial charge >= 0.3 is 0 Å². The fourth-order valence-corrected chi connectivity index (χ4v) is 1.20. The van der Waals surface area contributed by atoms with Crippen LogP contribution in [0.5, 0.6) is 0 Å². The average molecular weight is 165 g/mol. The molecule has 0 heterocycles. The normalized spacial score (nSPS) is 14.1. The molecule has 1 atom stereocenters. The first-order chi connectivity index (χ1) is 5.57. The second-order valence-electron chi connectivity index (χ2n) is 3.68. The molecule has 69 valence electrons. The van der Waals surface area contributed by atoms with Gasteiger partial charge in [0.05, 0.1) is 0 Å². The summed E-state index contributed by atoms with van der Waals surface area (Å²) in [4.78, 5) is 0. The third-order valence-electron chi connectivity index (χ3n) is 2.17. The van der Waals surface area contributed by atoms with Crippen LogP contribution in [0.3, 0.4) is 0 Å². The Balaban J connectivity index is 3.75. The maximum Gasteiger partial charge on any atom is -0.0203 e. The monoisotopic (exact) mass is 165 g/mol. The van der Waals surface area contributed by atoms with Crippen LogP contribution in [0.15, 0.2) is 24.3 Å². The van der Waals surface area contributed by atoms with Gasteiger partial charge in [0.25, 0.3) is 0 Å². The van der Waals surface area contributed by atoms with Gasteiger partial charge in [0.1, 0.15) is 0 Å². The Hall–Kier alpha value is -0.520. The third kappa shape index (κ3) is 5.17. The van der Waals surface area contributed by atoms with E-state index in [-0.39, 0.29) is 0 Å². The molecule has 0 aliphatic rings. The molecule has 0 rings (SSSR count). The van der Waals surface area contributed by atoms with Crippen LogP contribution < -0.4 is 0 Å². The van der Waals surface area contributed by atoms with Crippen molar-refractivity contribution in [3.05, 3.63) is 30.2 Å². The molecule has 0 aromatic carbocycles. The van der Waals surface area contributed by atoms with Gasteiger partial charge in [0.15, 0.2) is 0 Å². The number of hydrogen-bond donors (Lipinski definition) is 0. The van der Waals surface area contributed by atoms with Gasteiger partial charge in [-0.1, -0.05) is 31.6 Å². The lowest BCUT2D eigenvalue weighted by Crippen LogP contribution is -2.04. The minimum atomic E-state index is 0.679. The Labute approximate surface area is 77.4 Å². The summed E-state index contributed by atoms with van der Waals surface area (Å²) in [6, 6.07) is 0. The molecule has 1 radical (unpaired) electrons. The molecule has 0 aromatic rings. The van der Waals surface area contributed by atoms with Crippen LogP contribution in [-0.2, 0) is 0 Å². The van der Waals surface area contributed by atoms with Gasteiger partial charge in [-0.05, 0) is 38.5 Å². The first-order valence-electron chi connectivity index (χ1n) is 4.65. The summed E-state index contributed by atoms with van der Waals surface area (Å²) in [6.07, 6.45) is 6.57. The van der Waals surface area contributed by atoms with E-state index in [1.54, 1.807) is 5.92 Å². The van der Waals surface area contributed by atoms with E-state index in [0.29, 0.717) is 5.92 Å². The van der Waals surface area contributed by atoms with Gasteiger partial charge in [-0.25, -0.2) is 0 Å². The first kappa shape index (κ1) is 11.5. The minimum Gasteiger partial charge on any atom is -0.100 e. The molecule has 1 unspecified atom stereocenters. The summed E-state index contributed by atoms with van der Waals surface area (Å²) in [5.41, 5.74) is 1.28. The summed E-state index contributed by atoms with van der Waals surface area (Å²) in [6.45, 7) is 12.6. The SMILES string of the molecule is C=C(C)CC(C)[C](C)CC=CC. The van der Waals surface area contributed by atoms with E-state index in [1.807, 2.05) is 0 Å². The van der Waals surface area contributed by atoms with Crippen molar-refractivity contribution in [2.45, 2.75) is 40.5 Å². The smallest absolute Gasteiger partial charge is 0.0203 e. The predicted molar refractivity (Wildman–Crippen MR) is 56.9 cm³/mol. The summed E-state index contributed by atoms with van der Waals surface area (Å²) in [5.74, 6) is 2.23. The second-order valence-corrected chi connectivity index (χ2v) is 3.68. The van der Waals surface area contributed by atoms with E-state index < -0.39 is 0 Å². The summed E-state index contributed by atoms with van der Waals surface area (Å²) < 4.78 is 0. The van der Waals surface area contributed by atoms with Crippen molar-refractivity contribution in [1.82, 2.24) is 0 Å². The van der Waals surface area contributed by atoms with Gasteiger partial charge < -0.3 is 0 Å². The zero-order valence-corrected chi connectivity index (χ0v) is 8.85. The highest BCUT2D eigenvalue weighted by Gasteiger charge is 2.10. The van der Waals surface area contributed by atoms with Crippen molar-refractivity contribution >= 4 is 0 Å². The van der Waals surface area contributed by atoms with Gasteiger partial charge in [-0.2, -0.15) is 0 Å². The van der Waals surface area contributed by atoms with Gasteiger partial charge in [0.2, 0.25) is 0 Å². The maximum atomic E-state index is 3.93. The summed E-state index contributed by atoms with van der Waals surface area (Å²) in [7, 11) is 0. The van der Waals surface area contributed by atoms with Gasteiger partial charge in [-0.15, -0.1) is 6.58 Å². The van der Waals surface area contributed by atoms with Gasteiger partial charge in [-0.3, -0.25) is 0 Å². The molecule has 0 aliphatic heterocycles. The molecule has 0 saturated heterocycles. The predicted octanol–water partition coefficient (Wildman–Crippen LogP) is 4.15. The van der Waals surface area contributed by atoms with Crippen LogP contribution in [0.2, 0.25) is 0 Å². The van der Waals surface area contributed by atoms with Crippen molar-refractivity contribution in [1.29, 1.82) is 0 Å². The number of rotatable bonds is 5. The van der Waals surface area contributed by atoms with Crippen LogP contribution >= 0.6 is 0 Å². The summed E-state index contributed by atoms with van der Waals surface area (Å²) >= 11 is 0. The van der Waals surface area contributed by atoms with E-state index in [4.69, 9.17) is 0 Å². The lowest BCUT2D eigenvalue weighted by atomic mass is 9.88. The molecule has 0 nitrogen and oxygen atoms in total. The largest absolute Gasteiger partial charge is 0.100 e. The molecule has 0 spiro atoms. The molecule has 0 bridgehead atoms. The van der Waals surface area contributed by atoms with Crippen LogP contribution in [0.1, 0.15) is 40.5 Å². The molecule has 0 amide bonds. The molecule has 0 heteroatoms. The van der Waals surface area contributed by atoms with Crippen molar-refractivity contribution < 1.29 is 0 Å². The maximum absolute atomic E-state index is 3.93. The fourth-order valence-electron chi connectivity index (χ4n) is 1.20. The molecule has 12 heavy (non-hydrogen) atoms. The fraction of sp³-hybridized carbons (Fsp3) is 0.583. The molecule has 0 aromatic heterocycles. The Kier molecular flexibility index (Phi) is 5.79. The van der Waals surface area contributed by atoms with Crippen molar-refractivity contribution in [2.24, 2.45) is 5.92 Å². The minimum absolute atomic E-state index is 0.679. The first-order valence-corrected chi connectivity index (χ1v) is 4.65. The standard InChI is InChI=1S/C12H21/c1-6-7-8-11(4)12(5)9-10(2)3/h6-7,12H,2,8-9H2,1,3-5H3. The zero-order chi connectivity index (χ0) is 9.56. The van der Waals surface area contributed by atoms with E-state index in [2.05, 4.69) is 46.4 Å². The summed E-state index contributed by atoms with van der Waals surface area (Å²) in [5, 5.41) is 0. The molecule has 0 aliphatic carbocycles. The molecular formula is C12H21. The molecule has 0 N–H and O–H groups in total. The van der Waals surface area contributed by atoms with Crippen LogP contribution in [-0.4, -0.2) is 0 Å². The lowest BCUT2D eigenvalue weighted by Gasteiger charge is -2.17. The van der Waals surface area contributed by atoms with Crippen molar-refractivity contribution in [2.75, 3.05) is 0 Å². The number of allylic oxidation sites excluding steroid dienone is 3. The highest BCUT2D eigenvalue weighted by atomic mass is 14.1. The highest BCUT2D eigenvalue weighted by Crippen LogP contribution is 2.23. The van der Waals surface area contributed by atoms with Crippen LogP contribution in [0, 0.1) is 11.8 Å². The van der Waals surface area contributed by atoms with Gasteiger partial charge in [0, 0.05) is 0 Å². The quantitative estimate of drug-likeness (QED) is 0.537. The third-order valence-corrected chi connectivity index (χ3v) is 2.17. The Morgan fingerprint density at radius 2 is 2.00 bits per heavy atom. The molecule has 0 saturated carbocycles. The van der Waals surface area contributed by atoms with E-state index >= 15 is 0 Å². The van der Waals surface area contributed by atoms with E-state index in [0.717, 1.165) is 12.8 Å². The Bertz CT molecular complexity index is 153. The molecule has 0 fully saturated rings. The Morgan fingerprint density at radius 1 is 1.42 bits per heavy atom. The average Bonchev–Trinajstić information content (AvgIpc) is 1.98. The van der Waals surface area contributed by atoms with Crippen molar-refractivity contribution in [3.63, 3.8) is 0 Å². The topological polar surface area (TPSA) is 0 Å². The Morgan fingerprint density at radius 3 is 2.42 bits per heavy atom. The van der Waals surface area contributed by atoms with Crippen LogP contribution in [0.4, 0.5) is 0 Å². The van der Waals surface area contributed by atoms with Crippen molar-refractivity contribution in [3.8, 4) is 0 Å². The van der Waals surface area contributed by atoms with E-state index in [1.165, 1.54) is 5.57 Å². The highest BCUT2D eigenvalue weighted by molar-refractivity contribution is 5.02.